The molecular weight excluding hydrogens is 439 g/mol. The minimum absolute atomic E-state index is 0.195. The molecule has 2 radical (unpaired) electrons. The first-order valence-corrected chi connectivity index (χ1v) is 12.4. The predicted molar refractivity (Wildman–Crippen MR) is 140 cm³/mol. The number of likely N-dealkylation sites (N-methyl/N-ethyl adjacent to an activating group) is 1. The van der Waals surface area contributed by atoms with Crippen LogP contribution in [0.1, 0.15) is 30.4 Å². The average molecular weight is 474 g/mol. The van der Waals surface area contributed by atoms with Gasteiger partial charge in [-0.25, -0.2) is 4.79 Å². The summed E-state index contributed by atoms with van der Waals surface area (Å²) in [6.45, 7) is 4.64. The van der Waals surface area contributed by atoms with Crippen LogP contribution in [-0.4, -0.2) is 75.5 Å². The van der Waals surface area contributed by atoms with Gasteiger partial charge in [-0.05, 0) is 74.5 Å². The summed E-state index contributed by atoms with van der Waals surface area (Å²) in [6, 6.07) is 12.0. The molecule has 2 aromatic carbocycles. The van der Waals surface area contributed by atoms with Crippen molar-refractivity contribution in [2.75, 3.05) is 44.4 Å². The largest absolute Gasteiger partial charge is 0.380 e. The number of likely N-dealkylation sites (tertiary alicyclic amines) is 1. The molecule has 1 aliphatic carbocycles. The lowest BCUT2D eigenvalue weighted by atomic mass is 9.96. The van der Waals surface area contributed by atoms with E-state index in [1.54, 1.807) is 31.4 Å². The molecule has 0 aromatic heterocycles. The smallest absolute Gasteiger partial charge is 0.322 e. The fourth-order valence-electron chi connectivity index (χ4n) is 4.63. The lowest BCUT2D eigenvalue weighted by molar-refractivity contribution is -0.119. The highest BCUT2D eigenvalue weighted by Crippen LogP contribution is 2.29. The molecule has 2 fully saturated rings. The molecule has 0 bridgehead atoms. The lowest BCUT2D eigenvalue weighted by Gasteiger charge is -2.24. The zero-order valence-electron chi connectivity index (χ0n) is 20.9. The minimum atomic E-state index is -0.621. The molecule has 2 atom stereocenters. The number of nitrogens with one attached hydrogen (secondary N) is 2. The molecule has 1 heterocycles. The average Bonchev–Trinajstić information content (AvgIpc) is 3.53. The number of methoxy groups -OCH3 is 1. The number of amides is 3. The topological polar surface area (TPSA) is 73.9 Å². The van der Waals surface area contributed by atoms with Crippen molar-refractivity contribution >= 4 is 36.6 Å². The number of benzene rings is 2. The van der Waals surface area contributed by atoms with E-state index in [2.05, 4.69) is 35.6 Å². The van der Waals surface area contributed by atoms with Gasteiger partial charge in [0.1, 0.15) is 13.9 Å². The van der Waals surface area contributed by atoms with Gasteiger partial charge < -0.3 is 25.2 Å². The Bertz CT molecular complexity index is 1040. The summed E-state index contributed by atoms with van der Waals surface area (Å²) < 4.78 is 5.47. The van der Waals surface area contributed by atoms with Gasteiger partial charge in [0.2, 0.25) is 5.91 Å². The Kier molecular flexibility index (Phi) is 8.13. The quantitative estimate of drug-likeness (QED) is 0.549. The summed E-state index contributed by atoms with van der Waals surface area (Å²) >= 11 is 0. The van der Waals surface area contributed by atoms with Gasteiger partial charge in [0, 0.05) is 44.5 Å². The van der Waals surface area contributed by atoms with E-state index in [1.807, 2.05) is 12.1 Å². The maximum absolute atomic E-state index is 13.2. The molecule has 1 unspecified atom stereocenters. The van der Waals surface area contributed by atoms with Crippen molar-refractivity contribution in [2.45, 2.75) is 44.8 Å². The number of aryl methyl sites for hydroxylation is 1. The second kappa shape index (κ2) is 11.3. The molecule has 2 aromatic rings. The van der Waals surface area contributed by atoms with Crippen molar-refractivity contribution < 1.29 is 14.3 Å². The van der Waals surface area contributed by atoms with E-state index >= 15 is 0 Å². The summed E-state index contributed by atoms with van der Waals surface area (Å²) in [7, 11) is 9.51. The monoisotopic (exact) mass is 474 g/mol. The minimum Gasteiger partial charge on any atom is -0.380 e. The Morgan fingerprint density at radius 1 is 1.11 bits per heavy atom. The summed E-state index contributed by atoms with van der Waals surface area (Å²) in [4.78, 5) is 30.1. The van der Waals surface area contributed by atoms with E-state index in [1.165, 1.54) is 29.8 Å². The summed E-state index contributed by atoms with van der Waals surface area (Å²) in [5.41, 5.74) is 4.42. The van der Waals surface area contributed by atoms with Gasteiger partial charge in [-0.3, -0.25) is 4.79 Å². The van der Waals surface area contributed by atoms with Crippen LogP contribution in [0, 0.1) is 12.8 Å². The number of anilines is 2. The van der Waals surface area contributed by atoms with Gasteiger partial charge in [-0.2, -0.15) is 0 Å². The van der Waals surface area contributed by atoms with Crippen molar-refractivity contribution in [1.29, 1.82) is 0 Å². The zero-order chi connectivity index (χ0) is 24.9. The molecule has 184 valence electrons. The number of hydrogen-bond donors (Lipinski definition) is 2. The number of ether oxygens (including phenoxy) is 1. The molecule has 1 aliphatic heterocycles. The molecule has 4 rings (SSSR count). The molecule has 35 heavy (non-hydrogen) atoms. The van der Waals surface area contributed by atoms with Crippen LogP contribution < -0.4 is 16.1 Å². The van der Waals surface area contributed by atoms with Gasteiger partial charge in [0.15, 0.2) is 0 Å². The molecular formula is C27H35BN4O3. The van der Waals surface area contributed by atoms with Crippen LogP contribution in [0.25, 0.3) is 0 Å². The third-order valence-corrected chi connectivity index (χ3v) is 6.96. The van der Waals surface area contributed by atoms with Gasteiger partial charge in [0.25, 0.3) is 0 Å². The van der Waals surface area contributed by atoms with Gasteiger partial charge in [0.05, 0.1) is 6.10 Å². The third kappa shape index (κ3) is 6.86. The molecule has 2 aliphatic rings. The normalized spacial score (nSPS) is 19.7. The third-order valence-electron chi connectivity index (χ3n) is 6.96. The fraction of sp³-hybridized carbons (Fsp3) is 0.481. The Morgan fingerprint density at radius 3 is 2.49 bits per heavy atom. The van der Waals surface area contributed by atoms with Crippen molar-refractivity contribution in [2.24, 2.45) is 5.92 Å². The van der Waals surface area contributed by atoms with Crippen LogP contribution in [0.3, 0.4) is 0 Å². The van der Waals surface area contributed by atoms with Crippen LogP contribution >= 0.6 is 0 Å². The van der Waals surface area contributed by atoms with E-state index < -0.39 is 6.04 Å². The number of nitrogens with zero attached hydrogens (tertiary/aromatic N) is 2. The number of rotatable bonds is 9. The first-order valence-electron chi connectivity index (χ1n) is 12.4. The van der Waals surface area contributed by atoms with E-state index in [0.717, 1.165) is 30.1 Å². The zero-order valence-corrected chi connectivity index (χ0v) is 20.9. The molecule has 1 saturated carbocycles. The first kappa shape index (κ1) is 25.3. The van der Waals surface area contributed by atoms with Crippen molar-refractivity contribution in [3.63, 3.8) is 0 Å². The SMILES string of the molecule is [B]c1ccc(NC(=O)N2CC(OC)C[C@@H]2C(=O)Nc2ccc(CCN(C)CC3CC3)c(C)c2)cc1. The van der Waals surface area contributed by atoms with Crippen LogP contribution in [0.2, 0.25) is 0 Å². The Balaban J connectivity index is 1.36. The number of hydrogen-bond acceptors (Lipinski definition) is 4. The standard InChI is InChI=1S/C27H35BN4O3/c1-18-14-23(9-6-20(18)12-13-31(2)16-19-4-5-19)29-26(33)25-15-24(35-3)17-32(25)27(34)30-22-10-7-21(28)8-11-22/h6-11,14,19,24-25H,4-5,12-13,15-17H2,1-3H3,(H,29,33)(H,30,34)/t24?,25-/m1/s1. The second-order valence-electron chi connectivity index (χ2n) is 9.90. The highest BCUT2D eigenvalue weighted by molar-refractivity contribution is 6.32. The summed E-state index contributed by atoms with van der Waals surface area (Å²) in [6.07, 6.45) is 3.97. The first-order chi connectivity index (χ1) is 16.8. The Labute approximate surface area is 209 Å². The van der Waals surface area contributed by atoms with Crippen LogP contribution in [0.15, 0.2) is 42.5 Å². The van der Waals surface area contributed by atoms with Gasteiger partial charge >= 0.3 is 6.03 Å². The van der Waals surface area contributed by atoms with Crippen molar-refractivity contribution in [3.8, 4) is 0 Å². The fourth-order valence-corrected chi connectivity index (χ4v) is 4.63. The van der Waals surface area contributed by atoms with Gasteiger partial charge in [-0.15, -0.1) is 0 Å². The van der Waals surface area contributed by atoms with Crippen molar-refractivity contribution in [3.05, 3.63) is 53.6 Å². The molecule has 8 heteroatoms. The maximum Gasteiger partial charge on any atom is 0.322 e. The van der Waals surface area contributed by atoms with Crippen LogP contribution in [-0.2, 0) is 16.0 Å². The Hall–Kier alpha value is -2.84. The summed E-state index contributed by atoms with van der Waals surface area (Å²) in [5.74, 6) is 0.674. The number of carbonyl (C=O) groups is 2. The highest BCUT2D eigenvalue weighted by atomic mass is 16.5. The van der Waals surface area contributed by atoms with E-state index in [0.29, 0.717) is 24.1 Å². The number of urea groups is 1. The lowest BCUT2D eigenvalue weighted by Crippen LogP contribution is -2.45. The molecule has 3 amide bonds. The number of carbonyl (C=O) groups excluding carboxylic acids is 2. The second-order valence-corrected chi connectivity index (χ2v) is 9.90. The molecule has 1 saturated heterocycles. The van der Waals surface area contributed by atoms with Crippen LogP contribution in [0.4, 0.5) is 16.2 Å². The van der Waals surface area contributed by atoms with Crippen LogP contribution in [0.5, 0.6) is 0 Å². The summed E-state index contributed by atoms with van der Waals surface area (Å²) in [5, 5.41) is 5.86. The van der Waals surface area contributed by atoms with E-state index in [4.69, 9.17) is 12.6 Å². The molecule has 0 spiro atoms. The maximum atomic E-state index is 13.2. The van der Waals surface area contributed by atoms with E-state index in [-0.39, 0.29) is 18.0 Å². The molecule has 2 N–H and O–H groups in total. The highest BCUT2D eigenvalue weighted by Gasteiger charge is 2.40. The van der Waals surface area contributed by atoms with E-state index in [9.17, 15) is 9.59 Å². The predicted octanol–water partition coefficient (Wildman–Crippen LogP) is 2.93. The van der Waals surface area contributed by atoms with Gasteiger partial charge in [-0.1, -0.05) is 23.7 Å². The van der Waals surface area contributed by atoms with Crippen molar-refractivity contribution in [1.82, 2.24) is 9.80 Å². The Morgan fingerprint density at radius 2 is 1.83 bits per heavy atom. The molecule has 7 nitrogen and oxygen atoms in total.